The topological polar surface area (TPSA) is 75.4 Å². The van der Waals surface area contributed by atoms with Gasteiger partial charge < -0.3 is 16.0 Å². The average Bonchev–Trinajstić information content (AvgIpc) is 2.35. The van der Waals surface area contributed by atoms with Crippen molar-refractivity contribution in [1.82, 2.24) is 10.2 Å². The molecule has 0 aromatic rings. The van der Waals surface area contributed by atoms with Gasteiger partial charge in [-0.3, -0.25) is 9.59 Å². The molecule has 2 aliphatic rings. The third-order valence-electron chi connectivity index (χ3n) is 4.60. The Bertz CT molecular complexity index is 381. The summed E-state index contributed by atoms with van der Waals surface area (Å²) in [6, 6.07) is -0.0653. The normalized spacial score (nSPS) is 34.8. The van der Waals surface area contributed by atoms with E-state index in [1.807, 2.05) is 0 Å². The molecule has 0 aromatic carbocycles. The fourth-order valence-electron chi connectivity index (χ4n) is 3.17. The number of piperazine rings is 1. The molecule has 5 nitrogen and oxygen atoms in total. The highest BCUT2D eigenvalue weighted by molar-refractivity contribution is 5.92. The molecule has 19 heavy (non-hydrogen) atoms. The van der Waals surface area contributed by atoms with Gasteiger partial charge in [0.25, 0.3) is 0 Å². The minimum absolute atomic E-state index is 0.0545. The lowest BCUT2D eigenvalue weighted by Gasteiger charge is -2.44. The fraction of sp³-hybridized carbons (Fsp3) is 0.857. The second kappa shape index (κ2) is 5.12. The predicted octanol–water partition coefficient (Wildman–Crippen LogP) is 0.487. The zero-order valence-electron chi connectivity index (χ0n) is 12.1. The standard InChI is InChI=1S/C14H25N3O2/c1-9-4-5-11(15)10(8-9)12(18)17-7-6-16-13(19)14(17,2)3/h9-11H,4-8,15H2,1-3H3,(H,16,19). The Balaban J connectivity index is 2.16. The van der Waals surface area contributed by atoms with Gasteiger partial charge in [0, 0.05) is 19.1 Å². The van der Waals surface area contributed by atoms with E-state index in [9.17, 15) is 9.59 Å². The van der Waals surface area contributed by atoms with Gasteiger partial charge in [-0.05, 0) is 39.0 Å². The van der Waals surface area contributed by atoms with Crippen LogP contribution in [-0.2, 0) is 9.59 Å². The highest BCUT2D eigenvalue weighted by Crippen LogP contribution is 2.31. The molecule has 2 rings (SSSR count). The lowest BCUT2D eigenvalue weighted by atomic mass is 9.78. The Morgan fingerprint density at radius 2 is 2.11 bits per heavy atom. The van der Waals surface area contributed by atoms with Gasteiger partial charge in [0.05, 0.1) is 5.92 Å². The summed E-state index contributed by atoms with van der Waals surface area (Å²) >= 11 is 0. The smallest absolute Gasteiger partial charge is 0.245 e. The maximum atomic E-state index is 12.7. The number of nitrogens with zero attached hydrogens (tertiary/aromatic N) is 1. The molecule has 3 atom stereocenters. The van der Waals surface area contributed by atoms with E-state index in [-0.39, 0.29) is 23.8 Å². The zero-order chi connectivity index (χ0) is 14.2. The van der Waals surface area contributed by atoms with Crippen LogP contribution in [0.2, 0.25) is 0 Å². The van der Waals surface area contributed by atoms with E-state index in [2.05, 4.69) is 12.2 Å². The number of hydrogen-bond acceptors (Lipinski definition) is 3. The molecule has 5 heteroatoms. The summed E-state index contributed by atoms with van der Waals surface area (Å²) in [5.74, 6) is 0.382. The lowest BCUT2D eigenvalue weighted by Crippen LogP contribution is -2.65. The van der Waals surface area contributed by atoms with Crippen molar-refractivity contribution in [1.29, 1.82) is 0 Å². The second-order valence-electron chi connectivity index (χ2n) is 6.49. The monoisotopic (exact) mass is 267 g/mol. The van der Waals surface area contributed by atoms with Crippen LogP contribution in [-0.4, -0.2) is 41.4 Å². The summed E-state index contributed by atoms with van der Waals surface area (Å²) in [6.45, 7) is 6.88. The number of carbonyl (C=O) groups excluding carboxylic acids is 2. The Hall–Kier alpha value is -1.10. The number of carbonyl (C=O) groups is 2. The summed E-state index contributed by atoms with van der Waals surface area (Å²) in [7, 11) is 0. The van der Waals surface area contributed by atoms with Crippen molar-refractivity contribution in [2.75, 3.05) is 13.1 Å². The van der Waals surface area contributed by atoms with E-state index in [0.717, 1.165) is 19.3 Å². The SMILES string of the molecule is CC1CCC(N)C(C(=O)N2CCNC(=O)C2(C)C)C1. The van der Waals surface area contributed by atoms with Gasteiger partial charge in [0.15, 0.2) is 0 Å². The number of nitrogens with two attached hydrogens (primary N) is 1. The van der Waals surface area contributed by atoms with E-state index in [0.29, 0.717) is 19.0 Å². The molecule has 1 heterocycles. The molecule has 0 spiro atoms. The number of amides is 2. The van der Waals surface area contributed by atoms with Crippen LogP contribution < -0.4 is 11.1 Å². The molecule has 2 fully saturated rings. The highest BCUT2D eigenvalue weighted by Gasteiger charge is 2.44. The average molecular weight is 267 g/mol. The number of rotatable bonds is 1. The van der Waals surface area contributed by atoms with Crippen molar-refractivity contribution in [3.05, 3.63) is 0 Å². The fourth-order valence-corrected chi connectivity index (χ4v) is 3.17. The van der Waals surface area contributed by atoms with Gasteiger partial charge >= 0.3 is 0 Å². The highest BCUT2D eigenvalue weighted by atomic mass is 16.2. The molecular weight excluding hydrogens is 242 g/mol. The molecule has 1 saturated heterocycles. The van der Waals surface area contributed by atoms with Crippen LogP contribution >= 0.6 is 0 Å². The van der Waals surface area contributed by atoms with Gasteiger partial charge in [-0.15, -0.1) is 0 Å². The van der Waals surface area contributed by atoms with Gasteiger partial charge in [0.1, 0.15) is 5.54 Å². The molecule has 1 aliphatic carbocycles. The molecule has 108 valence electrons. The van der Waals surface area contributed by atoms with Crippen molar-refractivity contribution < 1.29 is 9.59 Å². The second-order valence-corrected chi connectivity index (χ2v) is 6.49. The molecular formula is C14H25N3O2. The minimum atomic E-state index is -0.768. The summed E-state index contributed by atoms with van der Waals surface area (Å²) in [4.78, 5) is 26.4. The van der Waals surface area contributed by atoms with Gasteiger partial charge in [0.2, 0.25) is 11.8 Å². The summed E-state index contributed by atoms with van der Waals surface area (Å²) < 4.78 is 0. The van der Waals surface area contributed by atoms with Crippen LogP contribution in [0, 0.1) is 11.8 Å². The molecule has 2 amide bonds. The Morgan fingerprint density at radius 1 is 1.42 bits per heavy atom. The molecule has 0 radical (unpaired) electrons. The largest absolute Gasteiger partial charge is 0.352 e. The van der Waals surface area contributed by atoms with Crippen LogP contribution in [0.5, 0.6) is 0 Å². The third kappa shape index (κ3) is 2.61. The number of nitrogens with one attached hydrogen (secondary N) is 1. The van der Waals surface area contributed by atoms with E-state index in [1.165, 1.54) is 0 Å². The predicted molar refractivity (Wildman–Crippen MR) is 73.3 cm³/mol. The molecule has 1 aliphatic heterocycles. The van der Waals surface area contributed by atoms with E-state index in [1.54, 1.807) is 18.7 Å². The molecule has 3 unspecified atom stereocenters. The Kier molecular flexibility index (Phi) is 3.85. The molecule has 1 saturated carbocycles. The summed E-state index contributed by atoms with van der Waals surface area (Å²) in [6.07, 6.45) is 2.83. The maximum Gasteiger partial charge on any atom is 0.245 e. The van der Waals surface area contributed by atoms with Crippen LogP contribution in [0.15, 0.2) is 0 Å². The van der Waals surface area contributed by atoms with Crippen LogP contribution in [0.3, 0.4) is 0 Å². The quantitative estimate of drug-likeness (QED) is 0.726. The van der Waals surface area contributed by atoms with Crippen LogP contribution in [0.1, 0.15) is 40.0 Å². The van der Waals surface area contributed by atoms with Crippen molar-refractivity contribution in [2.24, 2.45) is 17.6 Å². The summed E-state index contributed by atoms with van der Waals surface area (Å²) in [5.41, 5.74) is 5.36. The first-order valence-corrected chi connectivity index (χ1v) is 7.19. The maximum absolute atomic E-state index is 12.7. The van der Waals surface area contributed by atoms with Crippen molar-refractivity contribution in [2.45, 2.75) is 51.6 Å². The zero-order valence-corrected chi connectivity index (χ0v) is 12.1. The number of hydrogen-bond donors (Lipinski definition) is 2. The first-order valence-electron chi connectivity index (χ1n) is 7.19. The Labute approximate surface area is 114 Å². The molecule has 0 bridgehead atoms. The van der Waals surface area contributed by atoms with E-state index < -0.39 is 5.54 Å². The first kappa shape index (κ1) is 14.3. The lowest BCUT2D eigenvalue weighted by molar-refractivity contribution is -0.153. The van der Waals surface area contributed by atoms with Crippen molar-refractivity contribution >= 4 is 11.8 Å². The van der Waals surface area contributed by atoms with Crippen molar-refractivity contribution in [3.63, 3.8) is 0 Å². The first-order chi connectivity index (χ1) is 8.84. The van der Waals surface area contributed by atoms with Crippen LogP contribution in [0.25, 0.3) is 0 Å². The molecule has 3 N–H and O–H groups in total. The van der Waals surface area contributed by atoms with Gasteiger partial charge in [-0.1, -0.05) is 6.92 Å². The summed E-state index contributed by atoms with van der Waals surface area (Å²) in [5, 5.41) is 2.82. The van der Waals surface area contributed by atoms with E-state index >= 15 is 0 Å². The Morgan fingerprint density at radius 3 is 2.79 bits per heavy atom. The minimum Gasteiger partial charge on any atom is -0.352 e. The van der Waals surface area contributed by atoms with Gasteiger partial charge in [-0.2, -0.15) is 0 Å². The van der Waals surface area contributed by atoms with Crippen LogP contribution in [0.4, 0.5) is 0 Å². The van der Waals surface area contributed by atoms with Crippen molar-refractivity contribution in [3.8, 4) is 0 Å². The third-order valence-corrected chi connectivity index (χ3v) is 4.60. The van der Waals surface area contributed by atoms with E-state index in [4.69, 9.17) is 5.73 Å². The van der Waals surface area contributed by atoms with Gasteiger partial charge in [-0.25, -0.2) is 0 Å². The molecule has 0 aromatic heterocycles.